The monoisotopic (exact) mass is 270 g/mol. The number of ether oxygens (including phenoxy) is 1. The molecule has 96 valence electrons. The third-order valence-corrected chi connectivity index (χ3v) is 3.15. The molecule has 1 atom stereocenters. The number of halogens is 2. The second-order valence-electron chi connectivity index (χ2n) is 4.08. The molecule has 1 heterocycles. The van der Waals surface area contributed by atoms with Crippen LogP contribution in [0.5, 0.6) is 5.75 Å². The van der Waals surface area contributed by atoms with E-state index in [1.807, 2.05) is 6.92 Å². The summed E-state index contributed by atoms with van der Waals surface area (Å²) in [5.41, 5.74) is 3.11. The molecule has 0 bridgehead atoms. The number of carbonyl (C=O) groups is 1. The molecular formula is C12H12ClFN2O2. The Bertz CT molecular complexity index is 531. The third-order valence-electron chi connectivity index (χ3n) is 2.80. The minimum atomic E-state index is -0.585. The fraction of sp³-hybridized carbons (Fsp3) is 0.333. The largest absolute Gasteiger partial charge is 0.495 e. The van der Waals surface area contributed by atoms with Gasteiger partial charge in [0, 0.05) is 17.9 Å². The highest BCUT2D eigenvalue weighted by Crippen LogP contribution is 2.31. The summed E-state index contributed by atoms with van der Waals surface area (Å²) in [6.07, 6.45) is 0.280. The van der Waals surface area contributed by atoms with Crippen LogP contribution in [0.2, 0.25) is 5.02 Å². The van der Waals surface area contributed by atoms with Crippen LogP contribution in [0.3, 0.4) is 0 Å². The van der Waals surface area contributed by atoms with E-state index in [1.54, 1.807) is 12.1 Å². The summed E-state index contributed by atoms with van der Waals surface area (Å²) in [6.45, 7) is 1.81. The lowest BCUT2D eigenvalue weighted by atomic mass is 9.94. The molecule has 0 spiro atoms. The van der Waals surface area contributed by atoms with Crippen molar-refractivity contribution in [3.63, 3.8) is 0 Å². The molecule has 1 amide bonds. The Labute approximate surface area is 109 Å². The number of nitrogens with one attached hydrogen (secondary N) is 1. The van der Waals surface area contributed by atoms with Crippen LogP contribution in [-0.2, 0) is 4.79 Å². The van der Waals surface area contributed by atoms with Gasteiger partial charge in [0.25, 0.3) is 0 Å². The van der Waals surface area contributed by atoms with Crippen molar-refractivity contribution in [2.45, 2.75) is 13.3 Å². The molecule has 0 radical (unpaired) electrons. The molecule has 1 N–H and O–H groups in total. The summed E-state index contributed by atoms with van der Waals surface area (Å²) >= 11 is 5.85. The van der Waals surface area contributed by atoms with Crippen LogP contribution >= 0.6 is 11.6 Å². The number of amides is 1. The summed E-state index contributed by atoms with van der Waals surface area (Å²) in [6, 6.07) is 3.12. The fourth-order valence-electron chi connectivity index (χ4n) is 1.87. The molecule has 1 unspecified atom stereocenters. The highest BCUT2D eigenvalue weighted by molar-refractivity contribution is 6.32. The minimum absolute atomic E-state index is 0.0817. The van der Waals surface area contributed by atoms with Crippen molar-refractivity contribution in [2.24, 2.45) is 11.0 Å². The van der Waals surface area contributed by atoms with E-state index in [-0.39, 0.29) is 34.6 Å². The maximum Gasteiger partial charge on any atom is 0.240 e. The van der Waals surface area contributed by atoms with Gasteiger partial charge in [-0.05, 0) is 12.1 Å². The average molecular weight is 271 g/mol. The first-order valence-electron chi connectivity index (χ1n) is 5.43. The first-order chi connectivity index (χ1) is 8.54. The van der Waals surface area contributed by atoms with Gasteiger partial charge < -0.3 is 4.74 Å². The van der Waals surface area contributed by atoms with Crippen molar-refractivity contribution >= 4 is 23.2 Å². The molecular weight excluding hydrogens is 259 g/mol. The number of rotatable bonds is 2. The van der Waals surface area contributed by atoms with Crippen molar-refractivity contribution < 1.29 is 13.9 Å². The number of hydrazone groups is 1. The molecule has 6 heteroatoms. The second kappa shape index (κ2) is 4.94. The number of hydrogen-bond donors (Lipinski definition) is 1. The van der Waals surface area contributed by atoms with Crippen LogP contribution in [0.25, 0.3) is 0 Å². The number of hydrogen-bond acceptors (Lipinski definition) is 3. The lowest BCUT2D eigenvalue weighted by molar-refractivity contribution is -0.121. The Kier molecular flexibility index (Phi) is 3.52. The van der Waals surface area contributed by atoms with E-state index in [4.69, 9.17) is 16.3 Å². The van der Waals surface area contributed by atoms with Crippen LogP contribution in [0.4, 0.5) is 4.39 Å². The van der Waals surface area contributed by atoms with Gasteiger partial charge in [-0.15, -0.1) is 0 Å². The van der Waals surface area contributed by atoms with Gasteiger partial charge in [0.2, 0.25) is 5.91 Å². The quantitative estimate of drug-likeness (QED) is 0.897. The van der Waals surface area contributed by atoms with E-state index in [9.17, 15) is 9.18 Å². The molecule has 2 rings (SSSR count). The predicted octanol–water partition coefficient (Wildman–Crippen LogP) is 2.35. The maximum absolute atomic E-state index is 14.1. The zero-order valence-corrected chi connectivity index (χ0v) is 10.7. The summed E-state index contributed by atoms with van der Waals surface area (Å²) < 4.78 is 19.0. The standard InChI is InChI=1S/C12H12ClFN2O2/c1-6-5-9(17)15-16-12(6)7-3-4-8(18-2)10(13)11(7)14/h3-4,6H,5H2,1-2H3,(H,15,17). The van der Waals surface area contributed by atoms with Crippen molar-refractivity contribution in [3.8, 4) is 5.75 Å². The van der Waals surface area contributed by atoms with Crippen LogP contribution in [-0.4, -0.2) is 18.7 Å². The van der Waals surface area contributed by atoms with Crippen LogP contribution < -0.4 is 10.2 Å². The topological polar surface area (TPSA) is 50.7 Å². The van der Waals surface area contributed by atoms with E-state index in [0.29, 0.717) is 5.71 Å². The number of methoxy groups -OCH3 is 1. The number of nitrogens with zero attached hydrogens (tertiary/aromatic N) is 1. The van der Waals surface area contributed by atoms with Crippen molar-refractivity contribution in [2.75, 3.05) is 7.11 Å². The van der Waals surface area contributed by atoms with E-state index in [2.05, 4.69) is 10.5 Å². The molecule has 1 aromatic carbocycles. The van der Waals surface area contributed by atoms with Crippen LogP contribution in [0.15, 0.2) is 17.2 Å². The molecule has 0 saturated heterocycles. The highest BCUT2D eigenvalue weighted by Gasteiger charge is 2.25. The molecule has 1 aliphatic rings. The zero-order valence-electron chi connectivity index (χ0n) is 9.96. The summed E-state index contributed by atoms with van der Waals surface area (Å²) in [4.78, 5) is 11.1. The molecule has 1 aromatic rings. The van der Waals surface area contributed by atoms with Gasteiger partial charge in [0.1, 0.15) is 10.8 Å². The molecule has 0 fully saturated rings. The van der Waals surface area contributed by atoms with Gasteiger partial charge in [-0.3, -0.25) is 4.79 Å². The average Bonchev–Trinajstić information content (AvgIpc) is 2.34. The normalized spacial score (nSPS) is 19.2. The Hall–Kier alpha value is -1.62. The van der Waals surface area contributed by atoms with E-state index < -0.39 is 5.82 Å². The van der Waals surface area contributed by atoms with Crippen molar-refractivity contribution in [3.05, 3.63) is 28.5 Å². The molecule has 0 aliphatic carbocycles. The lowest BCUT2D eigenvalue weighted by Gasteiger charge is -2.20. The molecule has 0 saturated carbocycles. The Balaban J connectivity index is 2.46. The number of benzene rings is 1. The zero-order chi connectivity index (χ0) is 13.3. The van der Waals surface area contributed by atoms with E-state index in [0.717, 1.165) is 0 Å². The first kappa shape index (κ1) is 12.8. The fourth-order valence-corrected chi connectivity index (χ4v) is 2.11. The molecule has 4 nitrogen and oxygen atoms in total. The van der Waals surface area contributed by atoms with Crippen molar-refractivity contribution in [1.29, 1.82) is 0 Å². The minimum Gasteiger partial charge on any atom is -0.495 e. The SMILES string of the molecule is COc1ccc(C2=NNC(=O)CC2C)c(F)c1Cl. The van der Waals surface area contributed by atoms with Gasteiger partial charge in [-0.25, -0.2) is 9.82 Å². The molecule has 1 aliphatic heterocycles. The van der Waals surface area contributed by atoms with Gasteiger partial charge in [-0.1, -0.05) is 18.5 Å². The van der Waals surface area contributed by atoms with Gasteiger partial charge in [-0.2, -0.15) is 5.10 Å². The summed E-state index contributed by atoms with van der Waals surface area (Å²) in [5.74, 6) is -0.646. The van der Waals surface area contributed by atoms with E-state index >= 15 is 0 Å². The number of carbonyl (C=O) groups excluding carboxylic acids is 1. The first-order valence-corrected chi connectivity index (χ1v) is 5.81. The van der Waals surface area contributed by atoms with Gasteiger partial charge >= 0.3 is 0 Å². The lowest BCUT2D eigenvalue weighted by Crippen LogP contribution is -2.32. The maximum atomic E-state index is 14.1. The smallest absolute Gasteiger partial charge is 0.240 e. The van der Waals surface area contributed by atoms with Crippen molar-refractivity contribution in [1.82, 2.24) is 5.43 Å². The van der Waals surface area contributed by atoms with Crippen LogP contribution in [0, 0.1) is 11.7 Å². The Morgan fingerprint density at radius 1 is 1.56 bits per heavy atom. The Morgan fingerprint density at radius 3 is 2.89 bits per heavy atom. The molecule has 18 heavy (non-hydrogen) atoms. The second-order valence-corrected chi connectivity index (χ2v) is 4.46. The van der Waals surface area contributed by atoms with Gasteiger partial charge in [0.15, 0.2) is 5.82 Å². The van der Waals surface area contributed by atoms with Gasteiger partial charge in [0.05, 0.1) is 12.8 Å². The van der Waals surface area contributed by atoms with E-state index in [1.165, 1.54) is 7.11 Å². The predicted molar refractivity (Wildman–Crippen MR) is 66.4 cm³/mol. The summed E-state index contributed by atoms with van der Waals surface area (Å²) in [7, 11) is 1.42. The van der Waals surface area contributed by atoms with Crippen LogP contribution in [0.1, 0.15) is 18.9 Å². The highest BCUT2D eigenvalue weighted by atomic mass is 35.5. The third kappa shape index (κ3) is 2.18. The molecule has 0 aromatic heterocycles. The Morgan fingerprint density at radius 2 is 2.28 bits per heavy atom. The summed E-state index contributed by atoms with van der Waals surface area (Å²) in [5, 5.41) is 3.82.